The normalized spacial score (nSPS) is 23.1. The number of imidazole rings is 1. The van der Waals surface area contributed by atoms with Crippen LogP contribution in [0, 0.1) is 11.8 Å². The number of carboxylic acids is 1. The summed E-state index contributed by atoms with van der Waals surface area (Å²) in [5.41, 5.74) is 2.88. The molecule has 0 spiro atoms. The average Bonchev–Trinajstić information content (AvgIpc) is 3.17. The van der Waals surface area contributed by atoms with Crippen molar-refractivity contribution in [2.75, 3.05) is 24.7 Å². The van der Waals surface area contributed by atoms with E-state index in [1.54, 1.807) is 0 Å². The van der Waals surface area contributed by atoms with Crippen molar-refractivity contribution >= 4 is 34.7 Å². The molecule has 0 radical (unpaired) electrons. The number of morpholine rings is 1. The third-order valence-corrected chi connectivity index (χ3v) is 7.47. The Morgan fingerprint density at radius 3 is 2.69 bits per heavy atom. The van der Waals surface area contributed by atoms with Crippen LogP contribution in [0.5, 0.6) is 0 Å². The van der Waals surface area contributed by atoms with Crippen LogP contribution >= 0.6 is 11.6 Å². The van der Waals surface area contributed by atoms with Crippen LogP contribution in [0.1, 0.15) is 45.4 Å². The zero-order valence-corrected chi connectivity index (χ0v) is 21.0. The second-order valence-electron chi connectivity index (χ2n) is 10.0. The van der Waals surface area contributed by atoms with Gasteiger partial charge in [0.25, 0.3) is 0 Å². The largest absolute Gasteiger partial charge is 0.481 e. The zero-order chi connectivity index (χ0) is 24.5. The molecule has 1 unspecified atom stereocenters. The molecule has 5 rings (SSSR count). The molecule has 1 saturated heterocycles. The van der Waals surface area contributed by atoms with Crippen LogP contribution in [0.25, 0.3) is 22.4 Å². The lowest BCUT2D eigenvalue weighted by Gasteiger charge is -2.35. The van der Waals surface area contributed by atoms with Gasteiger partial charge >= 0.3 is 5.97 Å². The first-order valence-corrected chi connectivity index (χ1v) is 12.9. The number of benzene rings is 1. The molecule has 186 valence electrons. The van der Waals surface area contributed by atoms with E-state index in [4.69, 9.17) is 26.3 Å². The van der Waals surface area contributed by atoms with E-state index < -0.39 is 5.97 Å². The highest BCUT2D eigenvalue weighted by atomic mass is 35.5. The third kappa shape index (κ3) is 5.14. The number of fused-ring (bicyclic) bond motifs is 1. The first kappa shape index (κ1) is 24.0. The van der Waals surface area contributed by atoms with Gasteiger partial charge in [0.05, 0.1) is 19.3 Å². The number of aliphatic carboxylic acids is 1. The molecule has 1 aliphatic carbocycles. The summed E-state index contributed by atoms with van der Waals surface area (Å²) in [6.07, 6.45) is 4.58. The molecular formula is C26H32ClN5O3. The van der Waals surface area contributed by atoms with Gasteiger partial charge in [0.1, 0.15) is 23.5 Å². The molecule has 1 aromatic carbocycles. The summed E-state index contributed by atoms with van der Waals surface area (Å²) in [5, 5.41) is 10.0. The molecule has 0 bridgehead atoms. The Kier molecular flexibility index (Phi) is 6.93. The van der Waals surface area contributed by atoms with Gasteiger partial charge in [-0.3, -0.25) is 4.79 Å². The summed E-state index contributed by atoms with van der Waals surface area (Å²) >= 11 is 6.34. The molecule has 0 amide bonds. The van der Waals surface area contributed by atoms with E-state index in [9.17, 15) is 9.90 Å². The average molecular weight is 498 g/mol. The van der Waals surface area contributed by atoms with Crippen LogP contribution < -0.4 is 4.90 Å². The van der Waals surface area contributed by atoms with E-state index in [1.165, 1.54) is 25.7 Å². The Morgan fingerprint density at radius 2 is 1.97 bits per heavy atom. The second kappa shape index (κ2) is 10.1. The quantitative estimate of drug-likeness (QED) is 0.521. The Bertz CT molecular complexity index is 1220. The third-order valence-electron chi connectivity index (χ3n) is 7.24. The highest BCUT2D eigenvalue weighted by Crippen LogP contribution is 2.36. The maximum absolute atomic E-state index is 11.5. The number of anilines is 1. The fourth-order valence-corrected chi connectivity index (χ4v) is 5.50. The van der Waals surface area contributed by atoms with Crippen molar-refractivity contribution in [2.45, 2.75) is 58.5 Å². The number of carboxylic acid groups (broad SMARTS) is 1. The molecule has 2 aliphatic rings. The van der Waals surface area contributed by atoms with Crippen LogP contribution in [0.3, 0.4) is 0 Å². The summed E-state index contributed by atoms with van der Waals surface area (Å²) in [5.74, 6) is 1.45. The minimum absolute atomic E-state index is 0.173. The van der Waals surface area contributed by atoms with E-state index in [1.807, 2.05) is 24.3 Å². The van der Waals surface area contributed by atoms with Crippen molar-refractivity contribution in [3.8, 4) is 11.3 Å². The fraction of sp³-hybridized carbons (Fsp3) is 0.538. The molecule has 35 heavy (non-hydrogen) atoms. The first-order valence-electron chi connectivity index (χ1n) is 12.5. The van der Waals surface area contributed by atoms with Crippen LogP contribution in [0.15, 0.2) is 24.3 Å². The second-order valence-corrected chi connectivity index (χ2v) is 10.4. The van der Waals surface area contributed by atoms with Crippen LogP contribution in [-0.2, 0) is 22.5 Å². The minimum atomic E-state index is -0.973. The Balaban J connectivity index is 1.70. The number of carbonyl (C=O) groups is 1. The van der Waals surface area contributed by atoms with Gasteiger partial charge in [0.15, 0.2) is 5.65 Å². The smallest absolute Gasteiger partial charge is 0.311 e. The molecule has 9 heteroatoms. The first-order chi connectivity index (χ1) is 16.9. The SMILES string of the molecule is CC1CCC(Cn2c(N3CCOCC3C)nc3nc(CC(=O)O)nc(-c4cccc(Cl)c4)c32)CC1. The molecule has 1 aliphatic heterocycles. The van der Waals surface area contributed by atoms with E-state index in [0.29, 0.717) is 35.5 Å². The number of hydrogen-bond acceptors (Lipinski definition) is 6. The van der Waals surface area contributed by atoms with Crippen molar-refractivity contribution in [3.63, 3.8) is 0 Å². The van der Waals surface area contributed by atoms with E-state index in [0.717, 1.165) is 36.0 Å². The molecule has 3 aromatic rings. The standard InChI is InChI=1S/C26H32ClN5O3/c1-16-6-8-18(9-7-16)14-32-24-23(19-4-3-5-20(27)12-19)28-21(13-22(33)34)29-25(24)30-26(32)31-10-11-35-15-17(31)2/h3-5,12,16-18H,6-11,13-15H2,1-2H3,(H,33,34). The molecule has 3 heterocycles. The van der Waals surface area contributed by atoms with Crippen LogP contribution in [-0.4, -0.2) is 56.4 Å². The lowest BCUT2D eigenvalue weighted by Crippen LogP contribution is -2.45. The van der Waals surface area contributed by atoms with Crippen molar-refractivity contribution < 1.29 is 14.6 Å². The van der Waals surface area contributed by atoms with Crippen molar-refractivity contribution in [3.05, 3.63) is 35.1 Å². The minimum Gasteiger partial charge on any atom is -0.481 e. The van der Waals surface area contributed by atoms with Gasteiger partial charge in [-0.1, -0.05) is 43.5 Å². The summed E-state index contributed by atoms with van der Waals surface area (Å²) in [4.78, 5) is 28.2. The summed E-state index contributed by atoms with van der Waals surface area (Å²) in [6, 6.07) is 7.70. The van der Waals surface area contributed by atoms with E-state index in [2.05, 4.69) is 28.3 Å². The zero-order valence-electron chi connectivity index (χ0n) is 20.3. The number of hydrogen-bond donors (Lipinski definition) is 1. The predicted octanol–water partition coefficient (Wildman–Crippen LogP) is 4.83. The summed E-state index contributed by atoms with van der Waals surface area (Å²) in [6.45, 7) is 7.34. The molecule has 1 N–H and O–H groups in total. The highest BCUT2D eigenvalue weighted by Gasteiger charge is 2.29. The maximum atomic E-state index is 11.5. The van der Waals surface area contributed by atoms with Crippen LogP contribution in [0.4, 0.5) is 5.95 Å². The number of ether oxygens (including phenoxy) is 1. The fourth-order valence-electron chi connectivity index (χ4n) is 5.31. The van der Waals surface area contributed by atoms with Gasteiger partial charge < -0.3 is 19.3 Å². The predicted molar refractivity (Wildman–Crippen MR) is 136 cm³/mol. The lowest BCUT2D eigenvalue weighted by molar-refractivity contribution is -0.136. The number of aromatic nitrogens is 4. The number of nitrogens with zero attached hydrogens (tertiary/aromatic N) is 5. The van der Waals surface area contributed by atoms with E-state index >= 15 is 0 Å². The molecule has 1 saturated carbocycles. The number of rotatable bonds is 6. The van der Waals surface area contributed by atoms with Gasteiger partial charge in [-0.05, 0) is 43.7 Å². The van der Waals surface area contributed by atoms with E-state index in [-0.39, 0.29) is 18.3 Å². The molecule has 2 fully saturated rings. The molecule has 8 nitrogen and oxygen atoms in total. The van der Waals surface area contributed by atoms with Gasteiger partial charge in [-0.2, -0.15) is 4.98 Å². The van der Waals surface area contributed by atoms with Crippen molar-refractivity contribution in [1.82, 2.24) is 19.5 Å². The van der Waals surface area contributed by atoms with Gasteiger partial charge in [0, 0.05) is 23.7 Å². The number of halogens is 1. The summed E-state index contributed by atoms with van der Waals surface area (Å²) in [7, 11) is 0. The van der Waals surface area contributed by atoms with Crippen molar-refractivity contribution in [1.29, 1.82) is 0 Å². The maximum Gasteiger partial charge on any atom is 0.311 e. The Labute approximate surface area is 210 Å². The molecule has 1 atom stereocenters. The lowest BCUT2D eigenvalue weighted by atomic mass is 9.83. The molecular weight excluding hydrogens is 466 g/mol. The Hall–Kier alpha value is -2.71. The summed E-state index contributed by atoms with van der Waals surface area (Å²) < 4.78 is 7.97. The van der Waals surface area contributed by atoms with Crippen LogP contribution in [0.2, 0.25) is 5.02 Å². The Morgan fingerprint density at radius 1 is 1.17 bits per heavy atom. The van der Waals surface area contributed by atoms with Crippen molar-refractivity contribution in [2.24, 2.45) is 11.8 Å². The van der Waals surface area contributed by atoms with Gasteiger partial charge in [0.2, 0.25) is 5.95 Å². The monoisotopic (exact) mass is 497 g/mol. The topological polar surface area (TPSA) is 93.4 Å². The van der Waals surface area contributed by atoms with Gasteiger partial charge in [-0.25, -0.2) is 9.97 Å². The molecule has 2 aromatic heterocycles. The van der Waals surface area contributed by atoms with Gasteiger partial charge in [-0.15, -0.1) is 0 Å². The highest BCUT2D eigenvalue weighted by molar-refractivity contribution is 6.30.